The van der Waals surface area contributed by atoms with E-state index in [4.69, 9.17) is 10.5 Å². The molecule has 0 aliphatic carbocycles. The van der Waals surface area contributed by atoms with Crippen molar-refractivity contribution in [3.63, 3.8) is 0 Å². The van der Waals surface area contributed by atoms with Crippen LogP contribution < -0.4 is 10.5 Å². The lowest BCUT2D eigenvalue weighted by atomic mass is 10.0. The van der Waals surface area contributed by atoms with E-state index in [2.05, 4.69) is 17.5 Å². The lowest BCUT2D eigenvalue weighted by Gasteiger charge is -2.13. The molecule has 0 fully saturated rings. The highest BCUT2D eigenvalue weighted by Crippen LogP contribution is 2.26. The SMILES string of the molecule is COc1ccc([C@H](N)c2ccsc2)cc1C.Cl. The minimum Gasteiger partial charge on any atom is -0.496 e. The van der Waals surface area contributed by atoms with Crippen LogP contribution in [0.3, 0.4) is 0 Å². The van der Waals surface area contributed by atoms with Gasteiger partial charge in [0.15, 0.2) is 0 Å². The number of hydrogen-bond donors (Lipinski definition) is 1. The van der Waals surface area contributed by atoms with Crippen molar-refractivity contribution in [1.82, 2.24) is 0 Å². The van der Waals surface area contributed by atoms with Crippen LogP contribution in [0, 0.1) is 6.92 Å². The second-order valence-corrected chi connectivity index (χ2v) is 4.54. The molecule has 92 valence electrons. The molecule has 2 rings (SSSR count). The Morgan fingerprint density at radius 1 is 1.24 bits per heavy atom. The van der Waals surface area contributed by atoms with E-state index < -0.39 is 0 Å². The van der Waals surface area contributed by atoms with Gasteiger partial charge in [-0.1, -0.05) is 12.1 Å². The number of methoxy groups -OCH3 is 1. The molecular weight excluding hydrogens is 254 g/mol. The molecule has 0 aliphatic heterocycles. The molecular formula is C13H16ClNOS. The average molecular weight is 270 g/mol. The van der Waals surface area contributed by atoms with Crippen molar-refractivity contribution in [3.8, 4) is 5.75 Å². The Hall–Kier alpha value is -1.03. The molecule has 0 saturated carbocycles. The minimum atomic E-state index is -0.0455. The van der Waals surface area contributed by atoms with Crippen LogP contribution in [0.5, 0.6) is 5.75 Å². The maximum absolute atomic E-state index is 6.19. The zero-order valence-corrected chi connectivity index (χ0v) is 11.5. The average Bonchev–Trinajstić information content (AvgIpc) is 2.81. The Balaban J connectivity index is 0.00000144. The van der Waals surface area contributed by atoms with Crippen LogP contribution in [0.25, 0.3) is 0 Å². The van der Waals surface area contributed by atoms with Gasteiger partial charge in [0.2, 0.25) is 0 Å². The lowest BCUT2D eigenvalue weighted by Crippen LogP contribution is -2.11. The van der Waals surface area contributed by atoms with E-state index in [-0.39, 0.29) is 18.4 Å². The molecule has 0 spiro atoms. The van der Waals surface area contributed by atoms with Crippen molar-refractivity contribution < 1.29 is 4.74 Å². The minimum absolute atomic E-state index is 0. The van der Waals surface area contributed by atoms with E-state index in [1.165, 1.54) is 0 Å². The highest BCUT2D eigenvalue weighted by molar-refractivity contribution is 7.08. The monoisotopic (exact) mass is 269 g/mol. The summed E-state index contributed by atoms with van der Waals surface area (Å²) in [7, 11) is 1.68. The molecule has 0 unspecified atom stereocenters. The standard InChI is InChI=1S/C13H15NOS.ClH/c1-9-7-10(3-4-12(9)15-2)13(14)11-5-6-16-8-11;/h3-8,13H,14H2,1-2H3;1H/t13-;/m0./s1. The van der Waals surface area contributed by atoms with Gasteiger partial charge in [0, 0.05) is 0 Å². The van der Waals surface area contributed by atoms with Gasteiger partial charge in [-0.15, -0.1) is 12.4 Å². The molecule has 1 aromatic heterocycles. The third-order valence-electron chi connectivity index (χ3n) is 2.68. The highest BCUT2D eigenvalue weighted by Gasteiger charge is 2.10. The van der Waals surface area contributed by atoms with E-state index in [9.17, 15) is 0 Å². The summed E-state index contributed by atoms with van der Waals surface area (Å²) in [4.78, 5) is 0. The van der Waals surface area contributed by atoms with Gasteiger partial charge in [0.05, 0.1) is 13.2 Å². The number of hydrogen-bond acceptors (Lipinski definition) is 3. The van der Waals surface area contributed by atoms with Gasteiger partial charge in [-0.05, 0) is 46.5 Å². The number of aryl methyl sites for hydroxylation is 1. The number of rotatable bonds is 3. The zero-order valence-electron chi connectivity index (χ0n) is 9.84. The molecule has 0 radical (unpaired) electrons. The molecule has 0 amide bonds. The Bertz CT molecular complexity index is 470. The smallest absolute Gasteiger partial charge is 0.121 e. The summed E-state index contributed by atoms with van der Waals surface area (Å²) in [5, 5.41) is 4.13. The third kappa shape index (κ3) is 3.00. The van der Waals surface area contributed by atoms with Crippen LogP contribution in [0.2, 0.25) is 0 Å². The van der Waals surface area contributed by atoms with Crippen LogP contribution in [-0.4, -0.2) is 7.11 Å². The number of nitrogens with two attached hydrogens (primary N) is 1. The van der Waals surface area contributed by atoms with E-state index in [0.29, 0.717) is 0 Å². The van der Waals surface area contributed by atoms with Crippen molar-refractivity contribution in [1.29, 1.82) is 0 Å². The molecule has 0 saturated heterocycles. The Morgan fingerprint density at radius 2 is 2.00 bits per heavy atom. The maximum Gasteiger partial charge on any atom is 0.121 e. The molecule has 1 heterocycles. The Morgan fingerprint density at radius 3 is 2.53 bits per heavy atom. The highest BCUT2D eigenvalue weighted by atomic mass is 35.5. The number of halogens is 1. The summed E-state index contributed by atoms with van der Waals surface area (Å²) in [6, 6.07) is 8.09. The van der Waals surface area contributed by atoms with E-state index in [0.717, 1.165) is 22.4 Å². The van der Waals surface area contributed by atoms with Crippen LogP contribution in [0.1, 0.15) is 22.7 Å². The fourth-order valence-corrected chi connectivity index (χ4v) is 2.44. The van der Waals surface area contributed by atoms with Gasteiger partial charge in [-0.25, -0.2) is 0 Å². The van der Waals surface area contributed by atoms with Gasteiger partial charge in [0.25, 0.3) is 0 Å². The van der Waals surface area contributed by atoms with Crippen molar-refractivity contribution >= 4 is 23.7 Å². The number of benzene rings is 1. The van der Waals surface area contributed by atoms with Crippen molar-refractivity contribution in [2.75, 3.05) is 7.11 Å². The normalized spacial score (nSPS) is 11.7. The second kappa shape index (κ2) is 6.05. The quantitative estimate of drug-likeness (QED) is 0.925. The van der Waals surface area contributed by atoms with Gasteiger partial charge in [-0.2, -0.15) is 11.3 Å². The van der Waals surface area contributed by atoms with Crippen LogP contribution in [0.4, 0.5) is 0 Å². The number of ether oxygens (including phenoxy) is 1. The summed E-state index contributed by atoms with van der Waals surface area (Å²) >= 11 is 1.67. The van der Waals surface area contributed by atoms with E-state index in [1.54, 1.807) is 18.4 Å². The molecule has 1 atom stereocenters. The predicted octanol–water partition coefficient (Wildman–Crippen LogP) is 3.54. The first-order valence-electron chi connectivity index (χ1n) is 5.14. The first-order chi connectivity index (χ1) is 7.72. The molecule has 0 aliphatic rings. The topological polar surface area (TPSA) is 35.2 Å². The fourth-order valence-electron chi connectivity index (χ4n) is 1.74. The summed E-state index contributed by atoms with van der Waals surface area (Å²) in [6.07, 6.45) is 0. The molecule has 2 N–H and O–H groups in total. The molecule has 2 nitrogen and oxygen atoms in total. The molecule has 1 aromatic carbocycles. The summed E-state index contributed by atoms with van der Waals surface area (Å²) in [5.41, 5.74) is 9.59. The Labute approximate surface area is 112 Å². The zero-order chi connectivity index (χ0) is 11.5. The second-order valence-electron chi connectivity index (χ2n) is 3.76. The van der Waals surface area contributed by atoms with Crippen LogP contribution in [0.15, 0.2) is 35.0 Å². The summed E-state index contributed by atoms with van der Waals surface area (Å²) in [5.74, 6) is 0.904. The van der Waals surface area contributed by atoms with Gasteiger partial charge in [0.1, 0.15) is 5.75 Å². The summed E-state index contributed by atoms with van der Waals surface area (Å²) in [6.45, 7) is 2.03. The van der Waals surface area contributed by atoms with Gasteiger partial charge in [-0.3, -0.25) is 0 Å². The fraction of sp³-hybridized carbons (Fsp3) is 0.231. The van der Waals surface area contributed by atoms with Gasteiger partial charge < -0.3 is 10.5 Å². The van der Waals surface area contributed by atoms with Crippen molar-refractivity contribution in [3.05, 3.63) is 51.7 Å². The molecule has 17 heavy (non-hydrogen) atoms. The largest absolute Gasteiger partial charge is 0.496 e. The predicted molar refractivity (Wildman–Crippen MR) is 75.3 cm³/mol. The number of thiophene rings is 1. The van der Waals surface area contributed by atoms with Gasteiger partial charge >= 0.3 is 0 Å². The van der Waals surface area contributed by atoms with Crippen LogP contribution in [-0.2, 0) is 0 Å². The van der Waals surface area contributed by atoms with Crippen LogP contribution >= 0.6 is 23.7 Å². The maximum atomic E-state index is 6.19. The lowest BCUT2D eigenvalue weighted by molar-refractivity contribution is 0.411. The van der Waals surface area contributed by atoms with E-state index in [1.807, 2.05) is 24.4 Å². The first kappa shape index (κ1) is 14.0. The molecule has 0 bridgehead atoms. The summed E-state index contributed by atoms with van der Waals surface area (Å²) < 4.78 is 5.23. The van der Waals surface area contributed by atoms with Crippen molar-refractivity contribution in [2.45, 2.75) is 13.0 Å². The van der Waals surface area contributed by atoms with Crippen molar-refractivity contribution in [2.24, 2.45) is 5.73 Å². The molecule has 4 heteroatoms. The van der Waals surface area contributed by atoms with E-state index >= 15 is 0 Å². The molecule has 2 aromatic rings. The third-order valence-corrected chi connectivity index (χ3v) is 3.38. The first-order valence-corrected chi connectivity index (χ1v) is 6.09. The Kier molecular flexibility index (Phi) is 5.00.